The third-order valence-corrected chi connectivity index (χ3v) is 6.36. The van der Waals surface area contributed by atoms with E-state index in [2.05, 4.69) is 20.8 Å². The molecule has 1 aliphatic carbocycles. The first-order valence-electron chi connectivity index (χ1n) is 12.4. The van der Waals surface area contributed by atoms with E-state index in [1.807, 2.05) is 0 Å². The molecule has 0 amide bonds. The van der Waals surface area contributed by atoms with Crippen LogP contribution >= 0.6 is 0 Å². The van der Waals surface area contributed by atoms with Gasteiger partial charge in [0.2, 0.25) is 0 Å². The molecule has 3 unspecified atom stereocenters. The van der Waals surface area contributed by atoms with Gasteiger partial charge in [0.05, 0.1) is 11.8 Å². The van der Waals surface area contributed by atoms with Gasteiger partial charge in [-0.2, -0.15) is 0 Å². The molecule has 3 atom stereocenters. The van der Waals surface area contributed by atoms with Gasteiger partial charge in [-0.3, -0.25) is 9.59 Å². The van der Waals surface area contributed by atoms with Gasteiger partial charge in [0.1, 0.15) is 6.10 Å². The van der Waals surface area contributed by atoms with Crippen LogP contribution in [0.15, 0.2) is 0 Å². The van der Waals surface area contributed by atoms with E-state index in [-0.39, 0.29) is 12.1 Å². The molecule has 0 heterocycles. The van der Waals surface area contributed by atoms with Crippen molar-refractivity contribution in [3.05, 3.63) is 0 Å². The molecular formula is C25H46O4. The van der Waals surface area contributed by atoms with Crippen molar-refractivity contribution in [2.45, 2.75) is 130 Å². The number of esters is 1. The van der Waals surface area contributed by atoms with Gasteiger partial charge in [0.15, 0.2) is 0 Å². The minimum atomic E-state index is -0.840. The second-order valence-corrected chi connectivity index (χ2v) is 9.48. The first-order valence-corrected chi connectivity index (χ1v) is 12.4. The van der Waals surface area contributed by atoms with E-state index in [1.54, 1.807) is 0 Å². The summed E-state index contributed by atoms with van der Waals surface area (Å²) in [5, 5.41) is 9.47. The zero-order valence-electron chi connectivity index (χ0n) is 19.3. The van der Waals surface area contributed by atoms with Crippen molar-refractivity contribution >= 4 is 11.9 Å². The topological polar surface area (TPSA) is 63.6 Å². The summed E-state index contributed by atoms with van der Waals surface area (Å²) >= 11 is 0. The first-order chi connectivity index (χ1) is 14.0. The van der Waals surface area contributed by atoms with Gasteiger partial charge in [-0.1, -0.05) is 85.0 Å². The molecule has 0 aromatic rings. The number of carbonyl (C=O) groups is 2. The molecule has 4 heteroatoms. The number of hydrogen-bond acceptors (Lipinski definition) is 3. The maximum absolute atomic E-state index is 12.8. The van der Waals surface area contributed by atoms with E-state index < -0.39 is 17.8 Å². The maximum Gasteiger partial charge on any atom is 0.310 e. The van der Waals surface area contributed by atoms with Gasteiger partial charge < -0.3 is 9.84 Å². The Bertz CT molecular complexity index is 446. The molecule has 1 fully saturated rings. The molecule has 1 saturated carbocycles. The van der Waals surface area contributed by atoms with E-state index in [4.69, 9.17) is 4.74 Å². The number of carbonyl (C=O) groups excluding carboxylic acids is 1. The normalized spacial score (nSPS) is 20.6. The van der Waals surface area contributed by atoms with Gasteiger partial charge in [0.25, 0.3) is 0 Å². The summed E-state index contributed by atoms with van der Waals surface area (Å²) < 4.78 is 5.92. The quantitative estimate of drug-likeness (QED) is 0.217. The van der Waals surface area contributed by atoms with Crippen LogP contribution in [0.1, 0.15) is 124 Å². The Morgan fingerprint density at radius 2 is 1.34 bits per heavy atom. The molecular weight excluding hydrogens is 364 g/mol. The zero-order chi connectivity index (χ0) is 21.5. The molecule has 1 rings (SSSR count). The largest absolute Gasteiger partial charge is 0.481 e. The van der Waals surface area contributed by atoms with Crippen LogP contribution < -0.4 is 0 Å². The van der Waals surface area contributed by atoms with Gasteiger partial charge >= 0.3 is 11.9 Å². The van der Waals surface area contributed by atoms with Gasteiger partial charge in [-0.25, -0.2) is 0 Å². The number of ether oxygens (including phenoxy) is 1. The summed E-state index contributed by atoms with van der Waals surface area (Å²) in [5.74, 6) is -1.36. The molecule has 1 aliphatic rings. The highest BCUT2D eigenvalue weighted by molar-refractivity contribution is 5.81. The number of aliphatic carboxylic acids is 1. The Morgan fingerprint density at radius 3 is 1.93 bits per heavy atom. The number of unbranched alkanes of at least 4 members (excludes halogenated alkanes) is 7. The molecule has 170 valence electrons. The van der Waals surface area contributed by atoms with Crippen molar-refractivity contribution in [2.24, 2.45) is 17.8 Å². The number of carboxylic acid groups (broad SMARTS) is 1. The SMILES string of the molecule is CCCCCCCCC(CCCCCC(C)C)OC(=O)C1CCCCC1C(=O)O. The molecule has 0 spiro atoms. The van der Waals surface area contributed by atoms with Crippen molar-refractivity contribution in [3.8, 4) is 0 Å². The second kappa shape index (κ2) is 15.7. The summed E-state index contributed by atoms with van der Waals surface area (Å²) in [4.78, 5) is 24.3. The highest BCUT2D eigenvalue weighted by Crippen LogP contribution is 2.32. The molecule has 1 N–H and O–H groups in total. The maximum atomic E-state index is 12.8. The molecule has 0 aromatic carbocycles. The second-order valence-electron chi connectivity index (χ2n) is 9.48. The fourth-order valence-corrected chi connectivity index (χ4v) is 4.48. The predicted molar refractivity (Wildman–Crippen MR) is 119 cm³/mol. The highest BCUT2D eigenvalue weighted by atomic mass is 16.5. The molecule has 0 bridgehead atoms. The standard InChI is InChI=1S/C25H46O4/c1-4-5-6-7-8-11-16-21(17-12-9-10-15-20(2)3)29-25(28)23-19-14-13-18-22(23)24(26)27/h20-23H,4-19H2,1-3H3,(H,26,27). The van der Waals surface area contributed by atoms with Gasteiger partial charge in [0, 0.05) is 0 Å². The van der Waals surface area contributed by atoms with E-state index in [0.717, 1.165) is 44.4 Å². The lowest BCUT2D eigenvalue weighted by atomic mass is 9.79. The van der Waals surface area contributed by atoms with E-state index in [0.29, 0.717) is 12.8 Å². The molecule has 0 aromatic heterocycles. The number of carboxylic acids is 1. The fraction of sp³-hybridized carbons (Fsp3) is 0.920. The zero-order valence-corrected chi connectivity index (χ0v) is 19.3. The van der Waals surface area contributed by atoms with Crippen molar-refractivity contribution in [1.82, 2.24) is 0 Å². The van der Waals surface area contributed by atoms with Gasteiger partial charge in [-0.15, -0.1) is 0 Å². The Labute approximate surface area is 179 Å². The first kappa shape index (κ1) is 26.0. The number of rotatable bonds is 16. The average molecular weight is 411 g/mol. The molecule has 29 heavy (non-hydrogen) atoms. The van der Waals surface area contributed by atoms with Crippen LogP contribution in [-0.4, -0.2) is 23.1 Å². The summed E-state index contributed by atoms with van der Waals surface area (Å²) in [5.41, 5.74) is 0. The van der Waals surface area contributed by atoms with E-state index in [1.165, 1.54) is 51.4 Å². The van der Waals surface area contributed by atoms with Crippen molar-refractivity contribution in [1.29, 1.82) is 0 Å². The Kier molecular flexibility index (Phi) is 14.1. The third kappa shape index (κ3) is 11.6. The summed E-state index contributed by atoms with van der Waals surface area (Å²) in [6.45, 7) is 6.74. The lowest BCUT2D eigenvalue weighted by Crippen LogP contribution is -2.35. The predicted octanol–water partition coefficient (Wildman–Crippen LogP) is 7.15. The highest BCUT2D eigenvalue weighted by Gasteiger charge is 2.37. The van der Waals surface area contributed by atoms with Crippen LogP contribution in [0.3, 0.4) is 0 Å². The van der Waals surface area contributed by atoms with Crippen molar-refractivity contribution in [2.75, 3.05) is 0 Å². The molecule has 0 radical (unpaired) electrons. The molecule has 4 nitrogen and oxygen atoms in total. The number of hydrogen-bond donors (Lipinski definition) is 1. The Balaban J connectivity index is 2.49. The average Bonchev–Trinajstić information content (AvgIpc) is 2.69. The fourth-order valence-electron chi connectivity index (χ4n) is 4.48. The third-order valence-electron chi connectivity index (χ3n) is 6.36. The minimum absolute atomic E-state index is 0.0379. The lowest BCUT2D eigenvalue weighted by Gasteiger charge is -2.29. The summed E-state index contributed by atoms with van der Waals surface area (Å²) in [6.07, 6.45) is 17.1. The smallest absolute Gasteiger partial charge is 0.310 e. The van der Waals surface area contributed by atoms with Crippen LogP contribution in [-0.2, 0) is 14.3 Å². The van der Waals surface area contributed by atoms with Crippen molar-refractivity contribution in [3.63, 3.8) is 0 Å². The molecule has 0 saturated heterocycles. The van der Waals surface area contributed by atoms with E-state index >= 15 is 0 Å². The van der Waals surface area contributed by atoms with Crippen molar-refractivity contribution < 1.29 is 19.4 Å². The van der Waals surface area contributed by atoms with Gasteiger partial charge in [-0.05, 0) is 44.4 Å². The minimum Gasteiger partial charge on any atom is -0.481 e. The Morgan fingerprint density at radius 1 is 0.828 bits per heavy atom. The van der Waals surface area contributed by atoms with Crippen LogP contribution in [0.2, 0.25) is 0 Å². The van der Waals surface area contributed by atoms with Crippen LogP contribution in [0.5, 0.6) is 0 Å². The Hall–Kier alpha value is -1.06. The monoisotopic (exact) mass is 410 g/mol. The summed E-state index contributed by atoms with van der Waals surface area (Å²) in [7, 11) is 0. The van der Waals surface area contributed by atoms with Crippen LogP contribution in [0.4, 0.5) is 0 Å². The lowest BCUT2D eigenvalue weighted by molar-refractivity contribution is -0.164. The van der Waals surface area contributed by atoms with E-state index in [9.17, 15) is 14.7 Å². The summed E-state index contributed by atoms with van der Waals surface area (Å²) in [6, 6.07) is 0. The van der Waals surface area contributed by atoms with Crippen LogP contribution in [0, 0.1) is 17.8 Å². The molecule has 0 aliphatic heterocycles. The van der Waals surface area contributed by atoms with Crippen LogP contribution in [0.25, 0.3) is 0 Å².